The third-order valence-corrected chi connectivity index (χ3v) is 1.92. The quantitative estimate of drug-likeness (QED) is 0.774. The molecular formula is C10H14F2N2O. The van der Waals surface area contributed by atoms with Crippen LogP contribution in [0.25, 0.3) is 0 Å². The molecule has 0 amide bonds. The molecule has 3 nitrogen and oxygen atoms in total. The van der Waals surface area contributed by atoms with Gasteiger partial charge in [-0.3, -0.25) is 9.88 Å². The second-order valence-electron chi connectivity index (χ2n) is 3.17. The molecule has 15 heavy (non-hydrogen) atoms. The van der Waals surface area contributed by atoms with E-state index in [4.69, 9.17) is 5.11 Å². The summed E-state index contributed by atoms with van der Waals surface area (Å²) in [5.74, 6) is 0. The molecule has 1 N–H and O–H groups in total. The zero-order chi connectivity index (χ0) is 11.1. The number of halogens is 2. The minimum atomic E-state index is -2.39. The minimum Gasteiger partial charge on any atom is -0.395 e. The predicted molar refractivity (Wildman–Crippen MR) is 52.6 cm³/mol. The highest BCUT2D eigenvalue weighted by Gasteiger charge is 2.12. The Balaban J connectivity index is 2.50. The van der Waals surface area contributed by atoms with Crippen molar-refractivity contribution in [2.45, 2.75) is 13.0 Å². The van der Waals surface area contributed by atoms with E-state index in [1.54, 1.807) is 18.3 Å². The van der Waals surface area contributed by atoms with E-state index in [0.717, 1.165) is 5.69 Å². The summed E-state index contributed by atoms with van der Waals surface area (Å²) in [6, 6.07) is 5.35. The second kappa shape index (κ2) is 6.42. The summed E-state index contributed by atoms with van der Waals surface area (Å²) in [5.41, 5.74) is 0.728. The average Bonchev–Trinajstić information content (AvgIpc) is 2.18. The molecule has 0 aliphatic rings. The fraction of sp³-hybridized carbons (Fsp3) is 0.500. The van der Waals surface area contributed by atoms with Crippen molar-refractivity contribution in [3.05, 3.63) is 30.1 Å². The average molecular weight is 216 g/mol. The minimum absolute atomic E-state index is 0.125. The smallest absolute Gasteiger partial charge is 0.251 e. The van der Waals surface area contributed by atoms with E-state index >= 15 is 0 Å². The fourth-order valence-corrected chi connectivity index (χ4v) is 1.29. The highest BCUT2D eigenvalue weighted by molar-refractivity contribution is 5.03. The van der Waals surface area contributed by atoms with Crippen LogP contribution in [0, 0.1) is 0 Å². The summed E-state index contributed by atoms with van der Waals surface area (Å²) in [6.45, 7) is 0.114. The Hall–Kier alpha value is -1.07. The fourth-order valence-electron chi connectivity index (χ4n) is 1.29. The van der Waals surface area contributed by atoms with Crippen molar-refractivity contribution in [1.29, 1.82) is 0 Å². The van der Waals surface area contributed by atoms with Crippen LogP contribution in [0.4, 0.5) is 8.78 Å². The molecule has 1 aromatic rings. The first kappa shape index (κ1) is 12.0. The van der Waals surface area contributed by atoms with Gasteiger partial charge in [0.1, 0.15) is 0 Å². The number of pyridine rings is 1. The largest absolute Gasteiger partial charge is 0.395 e. The summed E-state index contributed by atoms with van der Waals surface area (Å²) in [6.07, 6.45) is -0.769. The van der Waals surface area contributed by atoms with Gasteiger partial charge in [0.25, 0.3) is 6.43 Å². The first-order chi connectivity index (χ1) is 7.22. The van der Waals surface area contributed by atoms with Crippen LogP contribution in [0.15, 0.2) is 24.4 Å². The Kier molecular flexibility index (Phi) is 5.14. The Labute approximate surface area is 87.4 Å². The van der Waals surface area contributed by atoms with Crippen LogP contribution in [0.1, 0.15) is 5.69 Å². The first-order valence-electron chi connectivity index (χ1n) is 4.73. The molecule has 5 heteroatoms. The highest BCUT2D eigenvalue weighted by Crippen LogP contribution is 2.04. The van der Waals surface area contributed by atoms with Crippen LogP contribution in [-0.2, 0) is 6.54 Å². The molecule has 0 unspecified atom stereocenters. The Bertz CT molecular complexity index is 269. The van der Waals surface area contributed by atoms with E-state index in [9.17, 15) is 8.78 Å². The van der Waals surface area contributed by atoms with Gasteiger partial charge in [0, 0.05) is 19.3 Å². The van der Waals surface area contributed by atoms with Crippen LogP contribution in [-0.4, -0.2) is 41.1 Å². The van der Waals surface area contributed by atoms with Gasteiger partial charge in [-0.25, -0.2) is 8.78 Å². The maximum Gasteiger partial charge on any atom is 0.251 e. The third kappa shape index (κ3) is 4.80. The van der Waals surface area contributed by atoms with Crippen LogP contribution in [0.3, 0.4) is 0 Å². The molecule has 0 aliphatic carbocycles. The first-order valence-corrected chi connectivity index (χ1v) is 4.73. The molecule has 0 atom stereocenters. The van der Waals surface area contributed by atoms with E-state index in [1.165, 1.54) is 4.90 Å². The van der Waals surface area contributed by atoms with Crippen molar-refractivity contribution in [1.82, 2.24) is 9.88 Å². The van der Waals surface area contributed by atoms with Gasteiger partial charge in [-0.1, -0.05) is 6.07 Å². The Morgan fingerprint density at radius 2 is 2.20 bits per heavy atom. The van der Waals surface area contributed by atoms with Crippen molar-refractivity contribution in [3.8, 4) is 0 Å². The molecule has 0 radical (unpaired) electrons. The lowest BCUT2D eigenvalue weighted by atomic mass is 10.3. The molecule has 1 heterocycles. The summed E-state index contributed by atoms with van der Waals surface area (Å²) in [4.78, 5) is 5.52. The van der Waals surface area contributed by atoms with Crippen molar-refractivity contribution in [2.24, 2.45) is 0 Å². The van der Waals surface area contributed by atoms with Gasteiger partial charge >= 0.3 is 0 Å². The summed E-state index contributed by atoms with van der Waals surface area (Å²) < 4.78 is 24.3. The standard InChI is InChI=1S/C10H14F2N2O/c11-10(12)8-14(5-6-15)7-9-3-1-2-4-13-9/h1-4,10,15H,5-8H2. The molecule has 84 valence electrons. The molecular weight excluding hydrogens is 202 g/mol. The maximum absolute atomic E-state index is 12.2. The molecule has 0 saturated carbocycles. The molecule has 0 aromatic carbocycles. The monoisotopic (exact) mass is 216 g/mol. The zero-order valence-corrected chi connectivity index (χ0v) is 8.31. The van der Waals surface area contributed by atoms with E-state index in [-0.39, 0.29) is 19.7 Å². The van der Waals surface area contributed by atoms with Crippen LogP contribution < -0.4 is 0 Å². The SMILES string of the molecule is OCCN(Cc1ccccn1)CC(F)F. The van der Waals surface area contributed by atoms with E-state index in [0.29, 0.717) is 6.54 Å². The van der Waals surface area contributed by atoms with Gasteiger partial charge in [0.15, 0.2) is 0 Å². The number of aliphatic hydroxyl groups excluding tert-OH is 1. The number of alkyl halides is 2. The van der Waals surface area contributed by atoms with Gasteiger partial charge in [-0.05, 0) is 12.1 Å². The van der Waals surface area contributed by atoms with Crippen molar-refractivity contribution >= 4 is 0 Å². The number of hydrogen-bond donors (Lipinski definition) is 1. The van der Waals surface area contributed by atoms with Gasteiger partial charge in [-0.15, -0.1) is 0 Å². The highest BCUT2D eigenvalue weighted by atomic mass is 19.3. The predicted octanol–water partition coefficient (Wildman–Crippen LogP) is 1.14. The van der Waals surface area contributed by atoms with Gasteiger partial charge in [0.2, 0.25) is 0 Å². The number of hydrogen-bond acceptors (Lipinski definition) is 3. The Morgan fingerprint density at radius 3 is 2.73 bits per heavy atom. The molecule has 1 aromatic heterocycles. The van der Waals surface area contributed by atoms with Crippen LogP contribution in [0.2, 0.25) is 0 Å². The number of nitrogens with zero attached hydrogens (tertiary/aromatic N) is 2. The van der Waals surface area contributed by atoms with Crippen LogP contribution >= 0.6 is 0 Å². The summed E-state index contributed by atoms with van der Waals surface area (Å²) in [7, 11) is 0. The van der Waals surface area contributed by atoms with E-state index < -0.39 is 6.43 Å². The lowest BCUT2D eigenvalue weighted by Gasteiger charge is -2.19. The molecule has 0 aliphatic heterocycles. The second-order valence-corrected chi connectivity index (χ2v) is 3.17. The number of aromatic nitrogens is 1. The molecule has 0 saturated heterocycles. The maximum atomic E-state index is 12.2. The van der Waals surface area contributed by atoms with E-state index in [1.807, 2.05) is 6.07 Å². The van der Waals surface area contributed by atoms with Gasteiger partial charge < -0.3 is 5.11 Å². The number of rotatable bonds is 6. The third-order valence-electron chi connectivity index (χ3n) is 1.92. The summed E-state index contributed by atoms with van der Waals surface area (Å²) in [5, 5.41) is 8.72. The summed E-state index contributed by atoms with van der Waals surface area (Å²) >= 11 is 0. The lowest BCUT2D eigenvalue weighted by molar-refractivity contribution is 0.0740. The molecule has 1 rings (SSSR count). The Morgan fingerprint density at radius 1 is 1.40 bits per heavy atom. The number of aliphatic hydroxyl groups is 1. The van der Waals surface area contributed by atoms with E-state index in [2.05, 4.69) is 4.98 Å². The van der Waals surface area contributed by atoms with Crippen molar-refractivity contribution in [2.75, 3.05) is 19.7 Å². The van der Waals surface area contributed by atoms with Gasteiger partial charge in [-0.2, -0.15) is 0 Å². The van der Waals surface area contributed by atoms with Crippen LogP contribution in [0.5, 0.6) is 0 Å². The van der Waals surface area contributed by atoms with Crippen molar-refractivity contribution < 1.29 is 13.9 Å². The van der Waals surface area contributed by atoms with Crippen molar-refractivity contribution in [3.63, 3.8) is 0 Å². The lowest BCUT2D eigenvalue weighted by Crippen LogP contribution is -2.31. The molecule has 0 bridgehead atoms. The zero-order valence-electron chi connectivity index (χ0n) is 8.31. The molecule has 0 spiro atoms. The van der Waals surface area contributed by atoms with Gasteiger partial charge in [0.05, 0.1) is 18.8 Å². The normalized spacial score (nSPS) is 11.3. The molecule has 0 fully saturated rings. The topological polar surface area (TPSA) is 36.4 Å².